The van der Waals surface area contributed by atoms with Crippen molar-refractivity contribution in [2.75, 3.05) is 6.61 Å². The molecule has 0 amide bonds. The van der Waals surface area contributed by atoms with Crippen LogP contribution in [0.15, 0.2) is 12.4 Å². The Kier molecular flexibility index (Phi) is 2.82. The molecule has 0 unspecified atom stereocenters. The van der Waals surface area contributed by atoms with Gasteiger partial charge < -0.3 is 10.2 Å². The summed E-state index contributed by atoms with van der Waals surface area (Å²) in [5, 5.41) is 20.8. The largest absolute Gasteiger partial charge is 0.478 e. The maximum Gasteiger partial charge on any atom is 0.338 e. The molecular weight excluding hydrogens is 160 g/mol. The summed E-state index contributed by atoms with van der Waals surface area (Å²) in [5.41, 5.74) is 0.174. The van der Waals surface area contributed by atoms with E-state index in [1.807, 2.05) is 0 Å². The maximum atomic E-state index is 10.4. The van der Waals surface area contributed by atoms with E-state index in [4.69, 9.17) is 10.2 Å². The van der Waals surface area contributed by atoms with Crippen molar-refractivity contribution in [2.24, 2.45) is 0 Å². The first-order valence-electron chi connectivity index (χ1n) is 3.60. The molecule has 1 aromatic heterocycles. The fourth-order valence-corrected chi connectivity index (χ4v) is 0.829. The third-order valence-electron chi connectivity index (χ3n) is 1.43. The highest BCUT2D eigenvalue weighted by Crippen LogP contribution is 1.97. The molecule has 1 aromatic rings. The second kappa shape index (κ2) is 3.87. The predicted molar refractivity (Wildman–Crippen MR) is 40.9 cm³/mol. The summed E-state index contributed by atoms with van der Waals surface area (Å²) in [6.45, 7) is 0.631. The first-order chi connectivity index (χ1) is 5.74. The van der Waals surface area contributed by atoms with Crippen molar-refractivity contribution in [2.45, 2.75) is 13.0 Å². The highest BCUT2D eigenvalue weighted by molar-refractivity contribution is 5.86. The average Bonchev–Trinajstić information content (AvgIpc) is 2.48. The SMILES string of the molecule is O=C(O)c1cnn(CCCO)c1. The molecule has 0 fully saturated rings. The van der Waals surface area contributed by atoms with Crippen molar-refractivity contribution < 1.29 is 15.0 Å². The minimum Gasteiger partial charge on any atom is -0.478 e. The first-order valence-corrected chi connectivity index (χ1v) is 3.60. The van der Waals surface area contributed by atoms with Crippen LogP contribution >= 0.6 is 0 Å². The highest BCUT2D eigenvalue weighted by Gasteiger charge is 2.04. The number of hydrogen-bond donors (Lipinski definition) is 2. The molecule has 0 radical (unpaired) electrons. The molecule has 0 bridgehead atoms. The summed E-state index contributed by atoms with van der Waals surface area (Å²) in [6.07, 6.45) is 3.32. The van der Waals surface area contributed by atoms with Crippen LogP contribution in [0.2, 0.25) is 0 Å². The third kappa shape index (κ3) is 2.06. The molecule has 0 aliphatic carbocycles. The molecule has 0 saturated heterocycles. The van der Waals surface area contributed by atoms with Crippen LogP contribution in [-0.2, 0) is 6.54 Å². The lowest BCUT2D eigenvalue weighted by Crippen LogP contribution is -2.00. The standard InChI is InChI=1S/C7H10N2O3/c10-3-1-2-9-5-6(4-8-9)7(11)12/h4-5,10H,1-3H2,(H,11,12). The Hall–Kier alpha value is -1.36. The molecule has 1 heterocycles. The van der Waals surface area contributed by atoms with E-state index in [0.29, 0.717) is 13.0 Å². The van der Waals surface area contributed by atoms with Crippen molar-refractivity contribution in [3.05, 3.63) is 18.0 Å². The molecule has 1 rings (SSSR count). The number of hydrogen-bond acceptors (Lipinski definition) is 3. The molecule has 2 N–H and O–H groups in total. The summed E-state index contributed by atoms with van der Waals surface area (Å²) < 4.78 is 1.50. The van der Waals surface area contributed by atoms with E-state index >= 15 is 0 Å². The summed E-state index contributed by atoms with van der Waals surface area (Å²) in [4.78, 5) is 10.4. The van der Waals surface area contributed by atoms with E-state index in [0.717, 1.165) is 0 Å². The van der Waals surface area contributed by atoms with Gasteiger partial charge in [-0.15, -0.1) is 0 Å². The topological polar surface area (TPSA) is 75.3 Å². The summed E-state index contributed by atoms with van der Waals surface area (Å²) in [5.74, 6) is -0.981. The number of nitrogens with zero attached hydrogens (tertiary/aromatic N) is 2. The van der Waals surface area contributed by atoms with Crippen molar-refractivity contribution in [1.29, 1.82) is 0 Å². The molecule has 0 aromatic carbocycles. The van der Waals surface area contributed by atoms with Gasteiger partial charge in [0.25, 0.3) is 0 Å². The van der Waals surface area contributed by atoms with E-state index in [1.54, 1.807) is 0 Å². The van der Waals surface area contributed by atoms with Crippen molar-refractivity contribution in [3.63, 3.8) is 0 Å². The van der Waals surface area contributed by atoms with Gasteiger partial charge in [-0.25, -0.2) is 4.79 Å². The third-order valence-corrected chi connectivity index (χ3v) is 1.43. The molecule has 5 heteroatoms. The Balaban J connectivity index is 2.58. The number of aliphatic hydroxyl groups excluding tert-OH is 1. The minimum atomic E-state index is -0.981. The van der Waals surface area contributed by atoms with E-state index in [1.165, 1.54) is 17.1 Å². The molecule has 66 valence electrons. The quantitative estimate of drug-likeness (QED) is 0.665. The second-order valence-electron chi connectivity index (χ2n) is 2.37. The molecule has 12 heavy (non-hydrogen) atoms. The number of aliphatic hydroxyl groups is 1. The van der Waals surface area contributed by atoms with Crippen LogP contribution in [0.25, 0.3) is 0 Å². The smallest absolute Gasteiger partial charge is 0.338 e. The summed E-state index contributed by atoms with van der Waals surface area (Å²) >= 11 is 0. The molecule has 5 nitrogen and oxygen atoms in total. The van der Waals surface area contributed by atoms with E-state index in [-0.39, 0.29) is 12.2 Å². The van der Waals surface area contributed by atoms with Crippen LogP contribution in [0.1, 0.15) is 16.8 Å². The maximum absolute atomic E-state index is 10.4. The van der Waals surface area contributed by atoms with Crippen LogP contribution in [-0.4, -0.2) is 32.6 Å². The zero-order valence-electron chi connectivity index (χ0n) is 6.47. The van der Waals surface area contributed by atoms with Gasteiger partial charge in [-0.1, -0.05) is 0 Å². The van der Waals surface area contributed by atoms with Crippen molar-refractivity contribution >= 4 is 5.97 Å². The predicted octanol–water partition coefficient (Wildman–Crippen LogP) is -0.0363. The normalized spacial score (nSPS) is 10.1. The van der Waals surface area contributed by atoms with Crippen LogP contribution in [0.3, 0.4) is 0 Å². The lowest BCUT2D eigenvalue weighted by molar-refractivity contribution is 0.0697. The van der Waals surface area contributed by atoms with Gasteiger partial charge in [0.05, 0.1) is 11.8 Å². The minimum absolute atomic E-state index is 0.0856. The van der Waals surface area contributed by atoms with Gasteiger partial charge in [0.15, 0.2) is 0 Å². The van der Waals surface area contributed by atoms with Gasteiger partial charge in [0.2, 0.25) is 0 Å². The van der Waals surface area contributed by atoms with Crippen LogP contribution in [0.5, 0.6) is 0 Å². The Morgan fingerprint density at radius 2 is 2.42 bits per heavy atom. The van der Waals surface area contributed by atoms with Gasteiger partial charge in [-0.05, 0) is 6.42 Å². The number of aromatic carboxylic acids is 1. The molecule has 0 aliphatic heterocycles. The van der Waals surface area contributed by atoms with Crippen molar-refractivity contribution in [1.82, 2.24) is 9.78 Å². The number of rotatable bonds is 4. The number of carboxylic acid groups (broad SMARTS) is 1. The van der Waals surface area contributed by atoms with Gasteiger partial charge >= 0.3 is 5.97 Å². The van der Waals surface area contributed by atoms with Crippen LogP contribution in [0, 0.1) is 0 Å². The number of aromatic nitrogens is 2. The lowest BCUT2D eigenvalue weighted by atomic mass is 10.4. The van der Waals surface area contributed by atoms with Gasteiger partial charge in [0.1, 0.15) is 0 Å². The number of aryl methyl sites for hydroxylation is 1. The highest BCUT2D eigenvalue weighted by atomic mass is 16.4. The second-order valence-corrected chi connectivity index (χ2v) is 2.37. The Bertz CT molecular complexity index is 269. The van der Waals surface area contributed by atoms with Crippen LogP contribution < -0.4 is 0 Å². The molecule has 0 aliphatic rings. The van der Waals surface area contributed by atoms with E-state index < -0.39 is 5.97 Å². The first kappa shape index (κ1) is 8.73. The number of carbonyl (C=O) groups is 1. The molecular formula is C7H10N2O3. The Morgan fingerprint density at radius 1 is 1.67 bits per heavy atom. The van der Waals surface area contributed by atoms with Gasteiger partial charge in [-0.3, -0.25) is 4.68 Å². The fourth-order valence-electron chi connectivity index (χ4n) is 0.829. The molecule has 0 spiro atoms. The van der Waals surface area contributed by atoms with Gasteiger partial charge in [-0.2, -0.15) is 5.10 Å². The van der Waals surface area contributed by atoms with Crippen LogP contribution in [0.4, 0.5) is 0 Å². The zero-order chi connectivity index (χ0) is 8.97. The van der Waals surface area contributed by atoms with Gasteiger partial charge in [0, 0.05) is 19.3 Å². The summed E-state index contributed by atoms with van der Waals surface area (Å²) in [6, 6.07) is 0. The van der Waals surface area contributed by atoms with Crippen molar-refractivity contribution in [3.8, 4) is 0 Å². The fraction of sp³-hybridized carbons (Fsp3) is 0.429. The Morgan fingerprint density at radius 3 is 2.92 bits per heavy atom. The zero-order valence-corrected chi connectivity index (χ0v) is 6.47. The lowest BCUT2D eigenvalue weighted by Gasteiger charge is -1.96. The van der Waals surface area contributed by atoms with E-state index in [9.17, 15) is 4.79 Å². The number of carboxylic acids is 1. The molecule has 0 saturated carbocycles. The summed E-state index contributed by atoms with van der Waals surface area (Å²) in [7, 11) is 0. The Labute approximate surface area is 69.2 Å². The van der Waals surface area contributed by atoms with E-state index in [2.05, 4.69) is 5.10 Å². The monoisotopic (exact) mass is 170 g/mol. The average molecular weight is 170 g/mol. The molecule has 0 atom stereocenters.